The van der Waals surface area contributed by atoms with Crippen LogP contribution in [0.25, 0.3) is 0 Å². The highest BCUT2D eigenvalue weighted by molar-refractivity contribution is 14.1. The second-order valence-corrected chi connectivity index (χ2v) is 9.68. The Labute approximate surface area is 219 Å². The normalized spacial score (nSPS) is 25.5. The second kappa shape index (κ2) is 12.2. The summed E-state index contributed by atoms with van der Waals surface area (Å²) in [4.78, 5) is 35.4. The quantitative estimate of drug-likeness (QED) is 0.0962. The van der Waals surface area contributed by atoms with Crippen LogP contribution in [0.2, 0.25) is 0 Å². The molecule has 0 N–H and O–H groups in total. The molecule has 3 aliphatic rings. The maximum atomic E-state index is 12.3. The number of cyclic esters (lactones) is 3. The van der Waals surface area contributed by atoms with Crippen molar-refractivity contribution in [2.45, 2.75) is 69.9 Å². The number of hydrogen-bond donors (Lipinski definition) is 0. The van der Waals surface area contributed by atoms with Crippen LogP contribution in [0.1, 0.15) is 48.5 Å². The molecule has 0 aromatic heterocycles. The van der Waals surface area contributed by atoms with E-state index >= 15 is 0 Å². The van der Waals surface area contributed by atoms with Gasteiger partial charge in [0, 0.05) is 13.2 Å². The van der Waals surface area contributed by atoms with Crippen LogP contribution < -0.4 is 0 Å². The van der Waals surface area contributed by atoms with Crippen molar-refractivity contribution in [2.24, 2.45) is 0 Å². The summed E-state index contributed by atoms with van der Waals surface area (Å²) in [5.41, 5.74) is -0.519. The molecule has 10 heteroatoms. The lowest BCUT2D eigenvalue weighted by atomic mass is 9.90. The van der Waals surface area contributed by atoms with Gasteiger partial charge < -0.3 is 28.4 Å². The summed E-state index contributed by atoms with van der Waals surface area (Å²) < 4.78 is 31.4. The molecule has 3 rings (SSSR count). The number of rotatable bonds is 9. The lowest BCUT2D eigenvalue weighted by Gasteiger charge is -2.31. The van der Waals surface area contributed by atoms with Gasteiger partial charge in [-0.05, 0) is 89.3 Å². The first-order chi connectivity index (χ1) is 16.4. The summed E-state index contributed by atoms with van der Waals surface area (Å²) in [6.07, 6.45) is 5.76. The van der Waals surface area contributed by atoms with Gasteiger partial charge in [-0.25, -0.2) is 14.4 Å². The highest BCUT2D eigenvalue weighted by atomic mass is 127. The van der Waals surface area contributed by atoms with E-state index in [0.29, 0.717) is 42.3 Å². The number of ether oxygens (including phenoxy) is 6. The van der Waals surface area contributed by atoms with Crippen LogP contribution in [-0.4, -0.2) is 59.1 Å². The number of hydrogen-bond acceptors (Lipinski definition) is 9. The largest absolute Gasteiger partial charge is 0.501 e. The molecule has 0 spiro atoms. The molecule has 35 heavy (non-hydrogen) atoms. The maximum absolute atomic E-state index is 12.3. The van der Waals surface area contributed by atoms with E-state index in [2.05, 4.69) is 0 Å². The van der Waals surface area contributed by atoms with Crippen molar-refractivity contribution < 1.29 is 42.8 Å². The van der Waals surface area contributed by atoms with Crippen LogP contribution in [0, 0.1) is 0 Å². The Morgan fingerprint density at radius 2 is 1.54 bits per heavy atom. The molecule has 0 saturated carbocycles. The van der Waals surface area contributed by atoms with Crippen molar-refractivity contribution in [1.29, 1.82) is 0 Å². The Hall–Kier alpha value is -2.18. The number of halogens is 1. The average Bonchev–Trinajstić information content (AvgIpc) is 3.36. The van der Waals surface area contributed by atoms with Crippen molar-refractivity contribution in [2.75, 3.05) is 19.8 Å². The van der Waals surface area contributed by atoms with E-state index in [9.17, 15) is 14.4 Å². The summed E-state index contributed by atoms with van der Waals surface area (Å²) in [7, 11) is 0. The van der Waals surface area contributed by atoms with Gasteiger partial charge in [0.1, 0.15) is 21.6 Å². The van der Waals surface area contributed by atoms with Crippen LogP contribution in [-0.2, 0) is 42.8 Å². The molecule has 0 bridgehead atoms. The molecule has 0 saturated heterocycles. The van der Waals surface area contributed by atoms with E-state index in [1.165, 1.54) is 6.26 Å². The molecule has 3 atom stereocenters. The molecule has 0 aromatic rings. The Morgan fingerprint density at radius 3 is 2.03 bits per heavy atom. The predicted octanol–water partition coefficient (Wildman–Crippen LogP) is 4.06. The van der Waals surface area contributed by atoms with Gasteiger partial charge in [0.2, 0.25) is 0 Å². The Bertz CT molecular complexity index is 960. The third kappa shape index (κ3) is 7.40. The first-order valence-electron chi connectivity index (χ1n) is 11.4. The molecule has 9 nitrogen and oxygen atoms in total. The minimum Gasteiger partial charge on any atom is -0.501 e. The van der Waals surface area contributed by atoms with Crippen LogP contribution in [0.3, 0.4) is 0 Å². The van der Waals surface area contributed by atoms with E-state index in [1.54, 1.807) is 45.9 Å². The first kappa shape index (κ1) is 29.1. The van der Waals surface area contributed by atoms with Crippen LogP contribution in [0.5, 0.6) is 0 Å². The fourth-order valence-electron chi connectivity index (χ4n) is 3.62. The molecule has 3 unspecified atom stereocenters. The second-order valence-electron chi connectivity index (χ2n) is 8.55. The highest BCUT2D eigenvalue weighted by Crippen LogP contribution is 2.39. The summed E-state index contributed by atoms with van der Waals surface area (Å²) in [6.45, 7) is 14.0. The lowest BCUT2D eigenvalue weighted by molar-refractivity contribution is -0.158. The SMILES string of the molecule is CCO/C=C1\C=C(C)OC1=O.CCOC(I)C1=CC(C)(C(OCC)C2=CC(C)(C)OC2=O)OC1=O. The molecule has 194 valence electrons. The van der Waals surface area contributed by atoms with Gasteiger partial charge in [-0.1, -0.05) is 0 Å². The third-order valence-corrected chi connectivity index (χ3v) is 6.03. The van der Waals surface area contributed by atoms with E-state index in [-0.39, 0.29) is 5.97 Å². The zero-order valence-corrected chi connectivity index (χ0v) is 23.3. The summed E-state index contributed by atoms with van der Waals surface area (Å²) >= 11 is 2.04. The van der Waals surface area contributed by atoms with Crippen LogP contribution >= 0.6 is 22.6 Å². The molecule has 0 aliphatic carbocycles. The number of carbonyl (C=O) groups is 3. The zero-order valence-electron chi connectivity index (χ0n) is 21.1. The number of esters is 3. The molecule has 3 heterocycles. The Balaban J connectivity index is 0.000000328. The van der Waals surface area contributed by atoms with Crippen molar-refractivity contribution in [3.05, 3.63) is 47.0 Å². The van der Waals surface area contributed by atoms with Gasteiger partial charge in [0.25, 0.3) is 0 Å². The Morgan fingerprint density at radius 1 is 0.914 bits per heavy atom. The van der Waals surface area contributed by atoms with Crippen molar-refractivity contribution in [3.8, 4) is 0 Å². The van der Waals surface area contributed by atoms with Gasteiger partial charge in [-0.15, -0.1) is 0 Å². The third-order valence-electron chi connectivity index (χ3n) is 5.00. The lowest BCUT2D eigenvalue weighted by Crippen LogP contribution is -2.43. The highest BCUT2D eigenvalue weighted by Gasteiger charge is 2.50. The van der Waals surface area contributed by atoms with Gasteiger partial charge in [-0.2, -0.15) is 0 Å². The fraction of sp³-hybridized carbons (Fsp3) is 0.560. The van der Waals surface area contributed by atoms with Crippen LogP contribution in [0.4, 0.5) is 0 Å². The predicted molar refractivity (Wildman–Crippen MR) is 135 cm³/mol. The molecule has 0 aromatic carbocycles. The molecule has 0 radical (unpaired) electrons. The molecule has 3 aliphatic heterocycles. The maximum Gasteiger partial charge on any atom is 0.346 e. The zero-order chi connectivity index (χ0) is 26.4. The van der Waals surface area contributed by atoms with Gasteiger partial charge in [-0.3, -0.25) is 0 Å². The number of carbonyl (C=O) groups excluding carboxylic acids is 3. The molecule has 0 amide bonds. The van der Waals surface area contributed by atoms with Crippen molar-refractivity contribution >= 4 is 40.5 Å². The van der Waals surface area contributed by atoms with Crippen LogP contribution in [0.15, 0.2) is 47.0 Å². The first-order valence-corrected chi connectivity index (χ1v) is 12.6. The van der Waals surface area contributed by atoms with Crippen molar-refractivity contribution in [1.82, 2.24) is 0 Å². The summed E-state index contributed by atoms with van der Waals surface area (Å²) in [5, 5.41) is 0. The van der Waals surface area contributed by atoms with E-state index < -0.39 is 33.4 Å². The van der Waals surface area contributed by atoms with Gasteiger partial charge in [0.05, 0.1) is 29.6 Å². The molecular weight excluding hydrogens is 571 g/mol. The summed E-state index contributed by atoms with van der Waals surface area (Å²) in [6, 6.07) is 0. The minimum absolute atomic E-state index is 0.337. The van der Waals surface area contributed by atoms with E-state index in [4.69, 9.17) is 28.4 Å². The average molecular weight is 604 g/mol. The van der Waals surface area contributed by atoms with Gasteiger partial charge in [0.15, 0.2) is 5.60 Å². The molecule has 0 fully saturated rings. The minimum atomic E-state index is -1.09. The standard InChI is InChI=1S/C17H23IO6.C8H10O3/c1-6-21-12(10-8-16(3,4)23-14(10)19)17(5)9-11(15(20)24-17)13(18)22-7-2;1-3-10-5-7-4-6(2)11-8(7)9/h8-9,12-13H,6-7H2,1-5H3;4-5H,3H2,1-2H3/b;7-5+. The number of alkyl halides is 1. The molecular formula is C25H33IO9. The monoisotopic (exact) mass is 604 g/mol. The Kier molecular flexibility index (Phi) is 10.1. The fourth-order valence-corrected chi connectivity index (χ4v) is 4.41. The summed E-state index contributed by atoms with van der Waals surface area (Å²) in [5.74, 6) is -0.633. The van der Waals surface area contributed by atoms with Crippen molar-refractivity contribution in [3.63, 3.8) is 0 Å². The van der Waals surface area contributed by atoms with E-state index in [0.717, 1.165) is 0 Å². The number of allylic oxidation sites excluding steroid dienone is 1. The van der Waals surface area contributed by atoms with E-state index in [1.807, 2.05) is 43.4 Å². The topological polar surface area (TPSA) is 107 Å². The smallest absolute Gasteiger partial charge is 0.346 e. The van der Waals surface area contributed by atoms with Gasteiger partial charge >= 0.3 is 17.9 Å².